The van der Waals surface area contributed by atoms with E-state index in [1.54, 1.807) is 0 Å². The molecule has 2 unspecified atom stereocenters. The van der Waals surface area contributed by atoms with Crippen LogP contribution in [0.3, 0.4) is 0 Å². The van der Waals surface area contributed by atoms with Gasteiger partial charge in [0.1, 0.15) is 0 Å². The minimum atomic E-state index is -0.581. The number of unbranched alkanes of at least 4 members (excludes halogenated alkanes) is 2. The third-order valence-electron chi connectivity index (χ3n) is 5.91. The number of nitrogens with one attached hydrogen (secondary N) is 1. The van der Waals surface area contributed by atoms with E-state index in [0.717, 1.165) is 57.3 Å². The van der Waals surface area contributed by atoms with E-state index in [2.05, 4.69) is 17.1 Å². The van der Waals surface area contributed by atoms with Crippen molar-refractivity contribution >= 4 is 11.8 Å². The monoisotopic (exact) mass is 374 g/mol. The summed E-state index contributed by atoms with van der Waals surface area (Å²) in [5.41, 5.74) is 11.7. The first kappa shape index (κ1) is 21.4. The lowest BCUT2D eigenvalue weighted by atomic mass is 9.67. The summed E-state index contributed by atoms with van der Waals surface area (Å²) in [6.07, 6.45) is 4.85. The molecule has 1 heterocycles. The summed E-state index contributed by atoms with van der Waals surface area (Å²) < 4.78 is 0. The van der Waals surface area contributed by atoms with Crippen LogP contribution >= 0.6 is 0 Å². The van der Waals surface area contributed by atoms with Crippen molar-refractivity contribution in [2.45, 2.75) is 44.4 Å². The minimum absolute atomic E-state index is 0.0512. The number of nitrogens with two attached hydrogens (primary N) is 2. The molecule has 1 aromatic rings. The maximum Gasteiger partial charge on any atom is 0.233 e. The average molecular weight is 375 g/mol. The highest BCUT2D eigenvalue weighted by molar-refractivity contribution is 5.87. The van der Waals surface area contributed by atoms with Crippen LogP contribution in [0.4, 0.5) is 0 Å². The molecule has 0 radical (unpaired) electrons. The van der Waals surface area contributed by atoms with E-state index in [4.69, 9.17) is 11.5 Å². The first-order valence-corrected chi connectivity index (χ1v) is 10.1. The molecule has 1 fully saturated rings. The lowest BCUT2D eigenvalue weighted by molar-refractivity contribution is -0.125. The van der Waals surface area contributed by atoms with Crippen molar-refractivity contribution in [2.75, 3.05) is 32.7 Å². The number of likely N-dealkylation sites (tertiary alicyclic amines) is 1. The number of benzene rings is 1. The largest absolute Gasteiger partial charge is 0.369 e. The Kier molecular flexibility index (Phi) is 8.25. The highest BCUT2D eigenvalue weighted by atomic mass is 16.2. The molecule has 0 aromatic heterocycles. The Morgan fingerprint density at radius 2 is 1.96 bits per heavy atom. The van der Waals surface area contributed by atoms with E-state index in [1.165, 1.54) is 0 Å². The third kappa shape index (κ3) is 5.30. The zero-order valence-electron chi connectivity index (χ0n) is 16.5. The molecule has 0 aliphatic carbocycles. The van der Waals surface area contributed by atoms with Gasteiger partial charge in [0.05, 0.1) is 12.0 Å². The lowest BCUT2D eigenvalue weighted by Gasteiger charge is -2.36. The molecule has 6 heteroatoms. The van der Waals surface area contributed by atoms with Crippen molar-refractivity contribution in [1.82, 2.24) is 10.2 Å². The minimum Gasteiger partial charge on any atom is -0.369 e. The van der Waals surface area contributed by atoms with E-state index in [-0.39, 0.29) is 24.3 Å². The van der Waals surface area contributed by atoms with Crippen LogP contribution in [-0.2, 0) is 15.0 Å². The zero-order valence-corrected chi connectivity index (χ0v) is 16.5. The fraction of sp³-hybridized carbons (Fsp3) is 0.619. The Hall–Kier alpha value is -1.92. The van der Waals surface area contributed by atoms with Crippen molar-refractivity contribution in [3.05, 3.63) is 35.9 Å². The molecule has 1 saturated heterocycles. The highest BCUT2D eigenvalue weighted by Gasteiger charge is 2.46. The third-order valence-corrected chi connectivity index (χ3v) is 5.91. The predicted octanol–water partition coefficient (Wildman–Crippen LogP) is 1.39. The standard InChI is InChI=1S/C21H34N4O2/c1-2-21(20(23)27,17-9-5-3-6-10-17)18-11-14-25(16-18)13-8-4-7-12-24-19(26)15-22/h3,5-6,9-10,18H,2,4,7-8,11-16,22H2,1H3,(H2,23,27)(H,24,26). The van der Waals surface area contributed by atoms with Gasteiger partial charge in [-0.3, -0.25) is 9.59 Å². The Labute approximate surface area is 162 Å². The smallest absolute Gasteiger partial charge is 0.233 e. The van der Waals surface area contributed by atoms with Crippen molar-refractivity contribution in [3.8, 4) is 0 Å². The van der Waals surface area contributed by atoms with E-state index in [9.17, 15) is 9.59 Å². The van der Waals surface area contributed by atoms with Crippen LogP contribution in [0.1, 0.15) is 44.6 Å². The maximum absolute atomic E-state index is 12.5. The van der Waals surface area contributed by atoms with Gasteiger partial charge in [-0.05, 0) is 50.3 Å². The van der Waals surface area contributed by atoms with Crippen molar-refractivity contribution in [1.29, 1.82) is 0 Å². The van der Waals surface area contributed by atoms with Crippen LogP contribution in [0, 0.1) is 5.92 Å². The van der Waals surface area contributed by atoms with Crippen LogP contribution in [-0.4, -0.2) is 49.4 Å². The number of amides is 2. The molecule has 2 atom stereocenters. The Bertz CT molecular complexity index is 607. The molecule has 1 aliphatic heterocycles. The molecular formula is C21H34N4O2. The normalized spacial score (nSPS) is 19.6. The SMILES string of the molecule is CCC(C(N)=O)(c1ccccc1)C1CCN(CCCCCNC(=O)CN)C1. The molecule has 150 valence electrons. The van der Waals surface area contributed by atoms with Crippen LogP contribution in [0.5, 0.6) is 0 Å². The maximum atomic E-state index is 12.5. The molecule has 1 aromatic carbocycles. The first-order chi connectivity index (χ1) is 13.0. The van der Waals surface area contributed by atoms with E-state index in [1.807, 2.05) is 30.3 Å². The average Bonchev–Trinajstić information content (AvgIpc) is 3.15. The molecule has 1 aliphatic rings. The van der Waals surface area contributed by atoms with Crippen molar-refractivity contribution in [2.24, 2.45) is 17.4 Å². The van der Waals surface area contributed by atoms with E-state index < -0.39 is 5.41 Å². The number of hydrogen-bond acceptors (Lipinski definition) is 4. The lowest BCUT2D eigenvalue weighted by Crippen LogP contribution is -2.48. The molecule has 5 N–H and O–H groups in total. The van der Waals surface area contributed by atoms with Gasteiger partial charge in [-0.1, -0.05) is 43.7 Å². The van der Waals surface area contributed by atoms with E-state index in [0.29, 0.717) is 6.54 Å². The second-order valence-electron chi connectivity index (χ2n) is 7.46. The van der Waals surface area contributed by atoms with Gasteiger partial charge in [-0.15, -0.1) is 0 Å². The summed E-state index contributed by atoms with van der Waals surface area (Å²) in [6.45, 7) is 5.75. The zero-order chi connectivity index (χ0) is 19.7. The fourth-order valence-corrected chi connectivity index (χ4v) is 4.36. The van der Waals surface area contributed by atoms with Gasteiger partial charge in [0.15, 0.2) is 0 Å². The fourth-order valence-electron chi connectivity index (χ4n) is 4.36. The number of rotatable bonds is 11. The van der Waals surface area contributed by atoms with Gasteiger partial charge < -0.3 is 21.7 Å². The van der Waals surface area contributed by atoms with Gasteiger partial charge >= 0.3 is 0 Å². The van der Waals surface area contributed by atoms with Gasteiger partial charge in [-0.2, -0.15) is 0 Å². The first-order valence-electron chi connectivity index (χ1n) is 10.1. The molecule has 0 saturated carbocycles. The second kappa shape index (κ2) is 10.4. The van der Waals surface area contributed by atoms with Gasteiger partial charge in [0.25, 0.3) is 0 Å². The van der Waals surface area contributed by atoms with Crippen LogP contribution < -0.4 is 16.8 Å². The molecule has 27 heavy (non-hydrogen) atoms. The topological polar surface area (TPSA) is 101 Å². The molecular weight excluding hydrogens is 340 g/mol. The Balaban J connectivity index is 1.86. The second-order valence-corrected chi connectivity index (χ2v) is 7.46. The Morgan fingerprint density at radius 3 is 2.59 bits per heavy atom. The van der Waals surface area contributed by atoms with Crippen molar-refractivity contribution in [3.63, 3.8) is 0 Å². The molecule has 2 rings (SSSR count). The quantitative estimate of drug-likeness (QED) is 0.509. The highest BCUT2D eigenvalue weighted by Crippen LogP contribution is 2.40. The van der Waals surface area contributed by atoms with Gasteiger partial charge in [0, 0.05) is 13.1 Å². The summed E-state index contributed by atoms with van der Waals surface area (Å²) >= 11 is 0. The molecule has 0 bridgehead atoms. The van der Waals surface area contributed by atoms with Crippen LogP contribution in [0.15, 0.2) is 30.3 Å². The predicted molar refractivity (Wildman–Crippen MR) is 108 cm³/mol. The number of carbonyl (C=O) groups is 2. The summed E-state index contributed by atoms with van der Waals surface area (Å²) in [4.78, 5) is 26.1. The number of primary amides is 1. The number of carbonyl (C=O) groups excluding carboxylic acids is 2. The van der Waals surface area contributed by atoms with Crippen LogP contribution in [0.2, 0.25) is 0 Å². The number of nitrogens with zero attached hydrogens (tertiary/aromatic N) is 1. The van der Waals surface area contributed by atoms with Gasteiger partial charge in [-0.25, -0.2) is 0 Å². The molecule has 2 amide bonds. The van der Waals surface area contributed by atoms with E-state index >= 15 is 0 Å². The van der Waals surface area contributed by atoms with Crippen LogP contribution in [0.25, 0.3) is 0 Å². The van der Waals surface area contributed by atoms with Crippen molar-refractivity contribution < 1.29 is 9.59 Å². The Morgan fingerprint density at radius 1 is 1.22 bits per heavy atom. The summed E-state index contributed by atoms with van der Waals surface area (Å²) in [6, 6.07) is 10.0. The summed E-state index contributed by atoms with van der Waals surface area (Å²) in [7, 11) is 0. The summed E-state index contributed by atoms with van der Waals surface area (Å²) in [5.74, 6) is -0.0504. The molecule has 0 spiro atoms. The van der Waals surface area contributed by atoms with Gasteiger partial charge in [0.2, 0.25) is 11.8 Å². The molecule has 6 nitrogen and oxygen atoms in total. The summed E-state index contributed by atoms with van der Waals surface area (Å²) in [5, 5.41) is 2.80. The number of hydrogen-bond donors (Lipinski definition) is 3.